The van der Waals surface area contributed by atoms with Gasteiger partial charge < -0.3 is 5.73 Å². The van der Waals surface area contributed by atoms with Crippen molar-refractivity contribution in [1.82, 2.24) is 14.8 Å². The standard InChI is InChI=1S/C11H16F2N2.C10H6ClF3N2.C7H14.C2H6/c1-7(2)6-15-10(11(12)13)9(5-14-15)8(3)4;11-5-1-2-8-6(3-5)7(15)4-9(16-8)10(12,13)14;1-7-5-3-2-4-6-7;1-2/h5,7,11H,3,6H2,1-2,4H3;1-4H,(H2,15,16);7H,2-6H2,1H3;1-2H3. The Bertz CT molecular complexity index is 1200. The SMILES string of the molecule is C=C(C)c1cnn(CC(C)C)c1C(F)F.CC.CC1CCCCC1.Nc1cc(C(F)(F)F)nc2ccc(Cl)cc12. The molecule has 4 rings (SSSR count). The van der Waals surface area contributed by atoms with Crippen LogP contribution in [0.2, 0.25) is 5.02 Å². The van der Waals surface area contributed by atoms with E-state index in [9.17, 15) is 22.0 Å². The molecule has 10 heteroatoms. The van der Waals surface area contributed by atoms with Crippen molar-refractivity contribution in [2.75, 3.05) is 5.73 Å². The van der Waals surface area contributed by atoms with E-state index in [0.717, 1.165) is 12.0 Å². The van der Waals surface area contributed by atoms with E-state index in [4.69, 9.17) is 17.3 Å². The molecule has 0 aliphatic heterocycles. The van der Waals surface area contributed by atoms with Crippen LogP contribution in [-0.2, 0) is 12.7 Å². The number of hydrogen-bond donors (Lipinski definition) is 1. The quantitative estimate of drug-likeness (QED) is 0.308. The number of nitrogens with zero attached hydrogens (tertiary/aromatic N) is 3. The molecule has 0 amide bonds. The molecule has 1 fully saturated rings. The lowest BCUT2D eigenvalue weighted by molar-refractivity contribution is -0.140. The maximum Gasteiger partial charge on any atom is 0.433 e. The first-order valence-corrected chi connectivity index (χ1v) is 14.0. The van der Waals surface area contributed by atoms with Crippen LogP contribution in [0.3, 0.4) is 0 Å². The van der Waals surface area contributed by atoms with Gasteiger partial charge in [0, 0.05) is 28.2 Å². The highest BCUT2D eigenvalue weighted by atomic mass is 35.5. The molecule has 0 spiro atoms. The largest absolute Gasteiger partial charge is 0.433 e. The Labute approximate surface area is 239 Å². The van der Waals surface area contributed by atoms with E-state index in [-0.39, 0.29) is 16.9 Å². The summed E-state index contributed by atoms with van der Waals surface area (Å²) in [5.41, 5.74) is 5.79. The minimum absolute atomic E-state index is 0.0137. The zero-order chi connectivity index (χ0) is 30.6. The third-order valence-corrected chi connectivity index (χ3v) is 6.31. The van der Waals surface area contributed by atoms with Gasteiger partial charge in [-0.25, -0.2) is 13.8 Å². The fraction of sp³-hybridized carbons (Fsp3) is 0.533. The van der Waals surface area contributed by atoms with Crippen LogP contribution in [0.1, 0.15) is 97.0 Å². The van der Waals surface area contributed by atoms with Crippen molar-refractivity contribution in [2.24, 2.45) is 11.8 Å². The second-order valence-electron chi connectivity index (χ2n) is 10.1. The van der Waals surface area contributed by atoms with E-state index in [0.29, 0.717) is 34.0 Å². The summed E-state index contributed by atoms with van der Waals surface area (Å²) in [6.45, 7) is 16.2. The molecule has 1 saturated carbocycles. The van der Waals surface area contributed by atoms with E-state index in [1.807, 2.05) is 27.7 Å². The van der Waals surface area contributed by atoms with Crippen molar-refractivity contribution in [3.63, 3.8) is 0 Å². The number of allylic oxidation sites excluding steroid dienone is 1. The summed E-state index contributed by atoms with van der Waals surface area (Å²) in [4.78, 5) is 3.48. The molecule has 4 nitrogen and oxygen atoms in total. The smallest absolute Gasteiger partial charge is 0.398 e. The molecule has 1 aliphatic carbocycles. The number of pyridine rings is 1. The van der Waals surface area contributed by atoms with E-state index < -0.39 is 18.3 Å². The molecule has 40 heavy (non-hydrogen) atoms. The van der Waals surface area contributed by atoms with Crippen molar-refractivity contribution in [1.29, 1.82) is 0 Å². The molecule has 2 N–H and O–H groups in total. The van der Waals surface area contributed by atoms with Gasteiger partial charge in [-0.1, -0.05) is 84.9 Å². The summed E-state index contributed by atoms with van der Waals surface area (Å²) < 4.78 is 64.3. The molecule has 1 aromatic carbocycles. The summed E-state index contributed by atoms with van der Waals surface area (Å²) in [5.74, 6) is 1.33. The molecular formula is C30H42ClF5N4. The first kappa shape index (κ1) is 35.3. The lowest BCUT2D eigenvalue weighted by atomic mass is 9.91. The van der Waals surface area contributed by atoms with E-state index in [1.54, 1.807) is 6.92 Å². The summed E-state index contributed by atoms with van der Waals surface area (Å²) >= 11 is 5.71. The second-order valence-corrected chi connectivity index (χ2v) is 10.5. The Hall–Kier alpha value is -2.68. The number of fused-ring (bicyclic) bond motifs is 1. The third kappa shape index (κ3) is 11.1. The number of aromatic nitrogens is 3. The van der Waals surface area contributed by atoms with Crippen LogP contribution in [0.4, 0.5) is 27.6 Å². The first-order chi connectivity index (χ1) is 18.7. The molecule has 0 bridgehead atoms. The van der Waals surface area contributed by atoms with Gasteiger partial charge in [-0.05, 0) is 48.6 Å². The minimum atomic E-state index is -4.50. The Balaban J connectivity index is 0.000000309. The number of benzene rings is 1. The van der Waals surface area contributed by atoms with Crippen molar-refractivity contribution < 1.29 is 22.0 Å². The topological polar surface area (TPSA) is 56.7 Å². The summed E-state index contributed by atoms with van der Waals surface area (Å²) in [6.07, 6.45) is 1.90. The molecule has 2 heterocycles. The fourth-order valence-corrected chi connectivity index (χ4v) is 4.29. The number of rotatable bonds is 4. The molecule has 1 aliphatic rings. The van der Waals surface area contributed by atoms with Crippen LogP contribution >= 0.6 is 11.6 Å². The Morgan fingerprint density at radius 1 is 1.12 bits per heavy atom. The molecule has 2 aromatic heterocycles. The number of alkyl halides is 5. The lowest BCUT2D eigenvalue weighted by Crippen LogP contribution is -2.10. The number of hydrogen-bond acceptors (Lipinski definition) is 3. The maximum atomic E-state index is 12.8. The van der Waals surface area contributed by atoms with Gasteiger partial charge in [0.2, 0.25) is 0 Å². The van der Waals surface area contributed by atoms with Gasteiger partial charge >= 0.3 is 6.18 Å². The van der Waals surface area contributed by atoms with Gasteiger partial charge in [-0.3, -0.25) is 4.68 Å². The molecule has 0 atom stereocenters. The highest BCUT2D eigenvalue weighted by Crippen LogP contribution is 2.33. The van der Waals surface area contributed by atoms with Gasteiger partial charge in [-0.15, -0.1) is 0 Å². The lowest BCUT2D eigenvalue weighted by Gasteiger charge is -2.15. The predicted molar refractivity (Wildman–Crippen MR) is 156 cm³/mol. The molecule has 224 valence electrons. The van der Waals surface area contributed by atoms with Crippen molar-refractivity contribution in [3.8, 4) is 0 Å². The minimum Gasteiger partial charge on any atom is -0.398 e. The highest BCUT2D eigenvalue weighted by molar-refractivity contribution is 6.31. The molecule has 0 radical (unpaired) electrons. The van der Waals surface area contributed by atoms with Crippen LogP contribution in [0.5, 0.6) is 0 Å². The number of anilines is 1. The number of nitrogens with two attached hydrogens (primary N) is 1. The Kier molecular flexibility index (Phi) is 14.6. The average molecular weight is 589 g/mol. The molecule has 3 aromatic rings. The summed E-state index contributed by atoms with van der Waals surface area (Å²) in [6, 6.07) is 5.16. The first-order valence-electron chi connectivity index (χ1n) is 13.6. The Morgan fingerprint density at radius 2 is 1.73 bits per heavy atom. The van der Waals surface area contributed by atoms with E-state index in [1.165, 1.54) is 61.2 Å². The Morgan fingerprint density at radius 3 is 2.17 bits per heavy atom. The van der Waals surface area contributed by atoms with Crippen molar-refractivity contribution in [3.05, 3.63) is 59.0 Å². The maximum absolute atomic E-state index is 12.8. The molecular weight excluding hydrogens is 547 g/mol. The van der Waals surface area contributed by atoms with Crippen molar-refractivity contribution in [2.45, 2.75) is 92.8 Å². The van der Waals surface area contributed by atoms with Gasteiger partial charge in [0.25, 0.3) is 6.43 Å². The summed E-state index contributed by atoms with van der Waals surface area (Å²) in [7, 11) is 0. The van der Waals surface area contributed by atoms with Gasteiger partial charge in [-0.2, -0.15) is 18.3 Å². The van der Waals surface area contributed by atoms with E-state index in [2.05, 4.69) is 23.6 Å². The molecule has 0 unspecified atom stereocenters. The fourth-order valence-electron chi connectivity index (χ4n) is 4.12. The van der Waals surface area contributed by atoms with Crippen LogP contribution in [-0.4, -0.2) is 14.8 Å². The summed E-state index contributed by atoms with van der Waals surface area (Å²) in [5, 5.41) is 4.80. The van der Waals surface area contributed by atoms with Crippen molar-refractivity contribution >= 4 is 33.8 Å². The monoisotopic (exact) mass is 588 g/mol. The highest BCUT2D eigenvalue weighted by Gasteiger charge is 2.33. The normalized spacial score (nSPS) is 13.7. The van der Waals surface area contributed by atoms with Gasteiger partial charge in [0.1, 0.15) is 11.4 Å². The van der Waals surface area contributed by atoms with Crippen LogP contribution < -0.4 is 5.73 Å². The predicted octanol–water partition coefficient (Wildman–Crippen LogP) is 10.6. The zero-order valence-electron chi connectivity index (χ0n) is 24.3. The van der Waals surface area contributed by atoms with Crippen LogP contribution in [0.25, 0.3) is 16.5 Å². The zero-order valence-corrected chi connectivity index (χ0v) is 25.0. The van der Waals surface area contributed by atoms with Crippen LogP contribution in [0.15, 0.2) is 37.0 Å². The van der Waals surface area contributed by atoms with Gasteiger partial charge in [0.15, 0.2) is 0 Å². The number of halogens is 6. The van der Waals surface area contributed by atoms with Crippen LogP contribution in [0, 0.1) is 11.8 Å². The number of nitrogen functional groups attached to an aromatic ring is 1. The van der Waals surface area contributed by atoms with E-state index >= 15 is 0 Å². The van der Waals surface area contributed by atoms with Gasteiger partial charge in [0.05, 0.1) is 11.7 Å². The third-order valence-electron chi connectivity index (χ3n) is 6.07. The molecule has 0 saturated heterocycles. The average Bonchev–Trinajstić information content (AvgIpc) is 3.30. The second kappa shape index (κ2) is 16.6.